The van der Waals surface area contributed by atoms with Gasteiger partial charge < -0.3 is 23.2 Å². The van der Waals surface area contributed by atoms with Crippen molar-refractivity contribution < 1.29 is 18.6 Å². The van der Waals surface area contributed by atoms with Gasteiger partial charge in [0.05, 0.1) is 22.4 Å². The average molecular weight is 587 g/mol. The lowest BCUT2D eigenvalue weighted by Gasteiger charge is -2.32. The summed E-state index contributed by atoms with van der Waals surface area (Å²) >= 11 is 0. The van der Waals surface area contributed by atoms with Gasteiger partial charge in [-0.3, -0.25) is 0 Å². The van der Waals surface area contributed by atoms with Gasteiger partial charge in [0.1, 0.15) is 0 Å². The normalized spacial score (nSPS) is 20.6. The van der Waals surface area contributed by atoms with Crippen molar-refractivity contribution in [1.29, 1.82) is 0 Å². The Bertz CT molecular complexity index is 1280. The Kier molecular flexibility index (Phi) is 9.51. The van der Waals surface area contributed by atoms with Crippen molar-refractivity contribution in [1.82, 2.24) is 4.57 Å². The molecule has 2 fully saturated rings. The summed E-state index contributed by atoms with van der Waals surface area (Å²) in [6, 6.07) is 13.4. The number of hydrogen-bond acceptors (Lipinski definition) is 4. The van der Waals surface area contributed by atoms with E-state index < -0.39 is 0 Å². The lowest BCUT2D eigenvalue weighted by atomic mass is 9.78. The molecule has 0 unspecified atom stereocenters. The highest BCUT2D eigenvalue weighted by Crippen LogP contribution is 2.38. The quantitative estimate of drug-likeness (QED) is 0.149. The molecule has 0 radical (unpaired) electrons. The van der Waals surface area contributed by atoms with Crippen LogP contribution < -0.4 is 10.9 Å². The van der Waals surface area contributed by atoms with Gasteiger partial charge in [-0.05, 0) is 84.9 Å². The van der Waals surface area contributed by atoms with Crippen LogP contribution in [0.1, 0.15) is 127 Å². The number of aryl methyl sites for hydroxylation is 1. The number of hydrogen-bond donors (Lipinski definition) is 0. The fraction of sp³-hybridized carbons (Fsp3) is 0.667. The predicted molar refractivity (Wildman–Crippen MR) is 183 cm³/mol. The van der Waals surface area contributed by atoms with Crippen LogP contribution in [0.15, 0.2) is 36.4 Å². The number of unbranched alkanes of at least 4 members (excludes halogenated alkanes) is 9. The van der Waals surface area contributed by atoms with Gasteiger partial charge in [0.15, 0.2) is 0 Å². The first kappa shape index (κ1) is 32.6. The molecule has 43 heavy (non-hydrogen) atoms. The molecule has 2 aliphatic heterocycles. The van der Waals surface area contributed by atoms with Crippen LogP contribution in [0.2, 0.25) is 0 Å². The first-order chi connectivity index (χ1) is 20.3. The fourth-order valence-electron chi connectivity index (χ4n) is 6.38. The molecule has 0 N–H and O–H groups in total. The zero-order chi connectivity index (χ0) is 31.0. The largest absolute Gasteiger partial charge is 0.494 e. The Morgan fingerprint density at radius 1 is 0.512 bits per heavy atom. The second-order valence-corrected chi connectivity index (χ2v) is 15.1. The van der Waals surface area contributed by atoms with E-state index in [2.05, 4.69) is 103 Å². The summed E-state index contributed by atoms with van der Waals surface area (Å²) in [4.78, 5) is 0. The van der Waals surface area contributed by atoms with Crippen molar-refractivity contribution >= 4 is 47.0 Å². The Morgan fingerprint density at radius 3 is 1.23 bits per heavy atom. The predicted octanol–water partition coefficient (Wildman–Crippen LogP) is 8.31. The van der Waals surface area contributed by atoms with Crippen LogP contribution in [0.4, 0.5) is 0 Å². The molecule has 2 aromatic carbocycles. The van der Waals surface area contributed by atoms with E-state index in [9.17, 15) is 0 Å². The number of nitrogens with zero attached hydrogens (tertiary/aromatic N) is 1. The molecular formula is C36H55B2NO4. The number of aromatic nitrogens is 1. The molecular weight excluding hydrogens is 532 g/mol. The molecule has 5 nitrogen and oxygen atoms in total. The van der Waals surface area contributed by atoms with Gasteiger partial charge in [0, 0.05) is 28.4 Å². The van der Waals surface area contributed by atoms with E-state index in [1.807, 2.05) is 0 Å². The molecule has 2 aliphatic rings. The highest BCUT2D eigenvalue weighted by molar-refractivity contribution is 6.63. The van der Waals surface area contributed by atoms with Gasteiger partial charge in [-0.15, -0.1) is 0 Å². The summed E-state index contributed by atoms with van der Waals surface area (Å²) in [6.45, 7) is 20.2. The van der Waals surface area contributed by atoms with E-state index in [0.717, 1.165) is 23.9 Å². The van der Waals surface area contributed by atoms with Crippen LogP contribution in [0.3, 0.4) is 0 Å². The summed E-state index contributed by atoms with van der Waals surface area (Å²) < 4.78 is 28.3. The maximum Gasteiger partial charge on any atom is 0.494 e. The third-order valence-electron chi connectivity index (χ3n) is 10.7. The standard InChI is InChI=1S/C36H55B2NO4/c1-10-11-12-13-14-15-16-17-18-19-24-39-31-25-27(37-40-33(2,3)34(4,5)41-37)20-22-29(31)30-23-21-28(26-32(30)39)38-42-35(6,7)36(8,9)43-38/h20-23,25-26H,10-19,24H2,1-9H3. The SMILES string of the molecule is CCCCCCCCCCCCn1c2cc(B3OC(C)(C)C(C)(C)O3)ccc2c2ccc(B3OC(C)(C)C(C)(C)O3)cc21. The molecule has 0 atom stereocenters. The van der Waals surface area contributed by atoms with Crippen LogP contribution in [0.5, 0.6) is 0 Å². The van der Waals surface area contributed by atoms with Crippen LogP contribution >= 0.6 is 0 Å². The number of rotatable bonds is 13. The molecule has 0 bridgehead atoms. The third kappa shape index (κ3) is 6.61. The van der Waals surface area contributed by atoms with Gasteiger partial charge in [-0.25, -0.2) is 0 Å². The van der Waals surface area contributed by atoms with Gasteiger partial charge in [-0.2, -0.15) is 0 Å². The van der Waals surface area contributed by atoms with Crippen molar-refractivity contribution in [3.8, 4) is 0 Å². The van der Waals surface area contributed by atoms with Crippen LogP contribution in [0, 0.1) is 0 Å². The van der Waals surface area contributed by atoms with Crippen molar-refractivity contribution in [2.75, 3.05) is 0 Å². The monoisotopic (exact) mass is 587 g/mol. The Morgan fingerprint density at radius 2 is 0.860 bits per heavy atom. The molecule has 234 valence electrons. The minimum Gasteiger partial charge on any atom is -0.399 e. The van der Waals surface area contributed by atoms with Gasteiger partial charge in [0.25, 0.3) is 0 Å². The summed E-state index contributed by atoms with van der Waals surface area (Å²) in [7, 11) is -0.753. The Labute approximate surface area is 261 Å². The molecule has 1 aromatic heterocycles. The maximum absolute atomic E-state index is 6.44. The number of benzene rings is 2. The average Bonchev–Trinajstić information content (AvgIpc) is 3.45. The second-order valence-electron chi connectivity index (χ2n) is 15.1. The first-order valence-corrected chi connectivity index (χ1v) is 17.0. The van der Waals surface area contributed by atoms with E-state index in [0.29, 0.717) is 0 Å². The Balaban J connectivity index is 1.40. The van der Waals surface area contributed by atoms with E-state index in [1.54, 1.807) is 0 Å². The van der Waals surface area contributed by atoms with Crippen LogP contribution in [-0.4, -0.2) is 41.2 Å². The zero-order valence-electron chi connectivity index (χ0n) is 28.5. The molecule has 3 heterocycles. The molecule has 5 rings (SSSR count). The topological polar surface area (TPSA) is 41.9 Å². The van der Waals surface area contributed by atoms with Crippen molar-refractivity contribution in [2.45, 2.75) is 155 Å². The smallest absolute Gasteiger partial charge is 0.399 e. The van der Waals surface area contributed by atoms with Crippen LogP contribution in [0.25, 0.3) is 21.8 Å². The summed E-state index contributed by atoms with van der Waals surface area (Å²) in [5.41, 5.74) is 3.16. The van der Waals surface area contributed by atoms with E-state index in [1.165, 1.54) is 79.6 Å². The van der Waals surface area contributed by atoms with Crippen LogP contribution in [-0.2, 0) is 25.2 Å². The molecule has 0 aliphatic carbocycles. The fourth-order valence-corrected chi connectivity index (χ4v) is 6.38. The van der Waals surface area contributed by atoms with E-state index in [4.69, 9.17) is 18.6 Å². The lowest BCUT2D eigenvalue weighted by Crippen LogP contribution is -2.41. The summed E-state index contributed by atoms with van der Waals surface area (Å²) in [6.07, 6.45) is 13.3. The highest BCUT2D eigenvalue weighted by atomic mass is 16.7. The van der Waals surface area contributed by atoms with Gasteiger partial charge >= 0.3 is 14.2 Å². The summed E-state index contributed by atoms with van der Waals surface area (Å²) in [5.74, 6) is 0. The zero-order valence-corrected chi connectivity index (χ0v) is 28.5. The molecule has 2 saturated heterocycles. The van der Waals surface area contributed by atoms with Gasteiger partial charge in [0.2, 0.25) is 0 Å². The minimum absolute atomic E-state index is 0.368. The molecule has 0 saturated carbocycles. The molecule has 0 amide bonds. The maximum atomic E-state index is 6.44. The van der Waals surface area contributed by atoms with Crippen molar-refractivity contribution in [3.05, 3.63) is 36.4 Å². The van der Waals surface area contributed by atoms with Gasteiger partial charge in [-0.1, -0.05) is 89.0 Å². The molecule has 3 aromatic rings. The van der Waals surface area contributed by atoms with E-state index >= 15 is 0 Å². The van der Waals surface area contributed by atoms with Crippen molar-refractivity contribution in [3.63, 3.8) is 0 Å². The molecule has 7 heteroatoms. The summed E-state index contributed by atoms with van der Waals surface area (Å²) in [5, 5.41) is 2.53. The van der Waals surface area contributed by atoms with E-state index in [-0.39, 0.29) is 36.6 Å². The lowest BCUT2D eigenvalue weighted by molar-refractivity contribution is 0.00578. The minimum atomic E-state index is -0.376. The van der Waals surface area contributed by atoms with Crippen molar-refractivity contribution in [2.24, 2.45) is 0 Å². The molecule has 0 spiro atoms. The second kappa shape index (κ2) is 12.5. The Hall–Kier alpha value is -1.79. The highest BCUT2D eigenvalue weighted by Gasteiger charge is 2.52. The third-order valence-corrected chi connectivity index (χ3v) is 10.7. The first-order valence-electron chi connectivity index (χ1n) is 17.0. The number of fused-ring (bicyclic) bond motifs is 3.